The van der Waals surface area contributed by atoms with Crippen LogP contribution in [0.1, 0.15) is 32.3 Å². The molecule has 1 aliphatic rings. The summed E-state index contributed by atoms with van der Waals surface area (Å²) in [6.45, 7) is 6.49. The van der Waals surface area contributed by atoms with E-state index >= 15 is 0 Å². The van der Waals surface area contributed by atoms with E-state index in [4.69, 9.17) is 0 Å². The summed E-state index contributed by atoms with van der Waals surface area (Å²) >= 11 is 0. The third kappa shape index (κ3) is 1.72. The Kier molecular flexibility index (Phi) is 2.17. The van der Waals surface area contributed by atoms with Crippen LogP contribution in [0, 0.1) is 12.8 Å². The topological polar surface area (TPSA) is 37.8 Å². The monoisotopic (exact) mass is 191 g/mol. The Morgan fingerprint density at radius 2 is 1.86 bits per heavy atom. The van der Waals surface area contributed by atoms with E-state index in [1.54, 1.807) is 0 Å². The lowest BCUT2D eigenvalue weighted by Crippen LogP contribution is -2.28. The lowest BCUT2D eigenvalue weighted by atomic mass is 10.0. The number of nitrogens with zero attached hydrogens (tertiary/aromatic N) is 2. The van der Waals surface area contributed by atoms with Gasteiger partial charge >= 0.3 is 0 Å². The largest absolute Gasteiger partial charge is 0.349 e. The first-order valence-electron chi connectivity index (χ1n) is 5.19. The number of anilines is 1. The van der Waals surface area contributed by atoms with E-state index in [2.05, 4.69) is 29.1 Å². The number of aromatic nitrogens is 2. The predicted octanol–water partition coefficient (Wildman–Crippen LogP) is 2.39. The summed E-state index contributed by atoms with van der Waals surface area (Å²) in [5.74, 6) is 1.41. The summed E-state index contributed by atoms with van der Waals surface area (Å²) < 4.78 is 0. The molecule has 3 nitrogen and oxygen atoms in total. The fraction of sp³-hybridized carbons (Fsp3) is 0.636. The molecule has 1 saturated carbocycles. The molecule has 0 aliphatic heterocycles. The van der Waals surface area contributed by atoms with Crippen molar-refractivity contribution in [2.45, 2.75) is 39.2 Å². The summed E-state index contributed by atoms with van der Waals surface area (Å²) in [4.78, 5) is 8.53. The molecule has 0 unspecified atom stereocenters. The van der Waals surface area contributed by atoms with Crippen LogP contribution in [0.4, 0.5) is 5.95 Å². The summed E-state index contributed by atoms with van der Waals surface area (Å²) in [7, 11) is 0. The van der Waals surface area contributed by atoms with Crippen molar-refractivity contribution >= 4 is 5.95 Å². The molecule has 0 amide bonds. The summed E-state index contributed by atoms with van der Waals surface area (Å²) in [6.07, 6.45) is 6.18. The average Bonchev–Trinajstić information content (AvgIpc) is 2.90. The van der Waals surface area contributed by atoms with Crippen LogP contribution in [-0.4, -0.2) is 15.5 Å². The molecular weight excluding hydrogens is 174 g/mol. The Morgan fingerprint density at radius 3 is 2.29 bits per heavy atom. The van der Waals surface area contributed by atoms with E-state index in [9.17, 15) is 0 Å². The highest BCUT2D eigenvalue weighted by atomic mass is 15.2. The van der Waals surface area contributed by atoms with Crippen molar-refractivity contribution in [2.24, 2.45) is 5.92 Å². The highest BCUT2D eigenvalue weighted by molar-refractivity contribution is 5.34. The van der Waals surface area contributed by atoms with Gasteiger partial charge in [-0.15, -0.1) is 0 Å². The minimum atomic E-state index is 0.273. The van der Waals surface area contributed by atoms with Crippen molar-refractivity contribution in [1.29, 1.82) is 0 Å². The molecule has 1 fully saturated rings. The highest BCUT2D eigenvalue weighted by Crippen LogP contribution is 2.44. The molecule has 0 radical (unpaired) electrons. The molecule has 0 spiro atoms. The van der Waals surface area contributed by atoms with Crippen LogP contribution in [0.2, 0.25) is 0 Å². The maximum Gasteiger partial charge on any atom is 0.223 e. The molecule has 1 aliphatic carbocycles. The smallest absolute Gasteiger partial charge is 0.223 e. The zero-order valence-electron chi connectivity index (χ0n) is 9.04. The van der Waals surface area contributed by atoms with Crippen molar-refractivity contribution in [3.05, 3.63) is 18.0 Å². The first-order chi connectivity index (χ1) is 6.62. The number of hydrogen-bond donors (Lipinski definition) is 1. The van der Waals surface area contributed by atoms with Gasteiger partial charge in [0.05, 0.1) is 0 Å². The summed E-state index contributed by atoms with van der Waals surface area (Å²) in [5.41, 5.74) is 1.37. The van der Waals surface area contributed by atoms with Gasteiger partial charge in [0.2, 0.25) is 5.95 Å². The van der Waals surface area contributed by atoms with Gasteiger partial charge in [0.15, 0.2) is 0 Å². The molecule has 76 valence electrons. The summed E-state index contributed by atoms with van der Waals surface area (Å²) in [6, 6.07) is 0. The van der Waals surface area contributed by atoms with Crippen molar-refractivity contribution in [3.8, 4) is 0 Å². The number of hydrogen-bond acceptors (Lipinski definition) is 3. The fourth-order valence-corrected chi connectivity index (χ4v) is 1.66. The Balaban J connectivity index is 2.08. The molecule has 1 N–H and O–H groups in total. The van der Waals surface area contributed by atoms with Crippen LogP contribution in [0.25, 0.3) is 0 Å². The SMILES string of the molecule is Cc1cnc(NC2(C(C)C)CC2)nc1. The predicted molar refractivity (Wildman–Crippen MR) is 57.2 cm³/mol. The second-order valence-electron chi connectivity index (χ2n) is 4.52. The molecule has 1 aromatic heterocycles. The van der Waals surface area contributed by atoms with Crippen molar-refractivity contribution in [1.82, 2.24) is 9.97 Å². The number of nitrogens with one attached hydrogen (secondary N) is 1. The lowest BCUT2D eigenvalue weighted by Gasteiger charge is -2.21. The molecule has 0 saturated heterocycles. The van der Waals surface area contributed by atoms with Crippen LogP contribution in [-0.2, 0) is 0 Å². The van der Waals surface area contributed by atoms with Crippen LogP contribution >= 0.6 is 0 Å². The van der Waals surface area contributed by atoms with Crippen LogP contribution in [0.5, 0.6) is 0 Å². The van der Waals surface area contributed by atoms with E-state index in [0.29, 0.717) is 5.92 Å². The van der Waals surface area contributed by atoms with Gasteiger partial charge in [-0.1, -0.05) is 13.8 Å². The number of aryl methyl sites for hydroxylation is 1. The van der Waals surface area contributed by atoms with Crippen molar-refractivity contribution in [2.75, 3.05) is 5.32 Å². The first kappa shape index (κ1) is 9.44. The second kappa shape index (κ2) is 3.23. The second-order valence-corrected chi connectivity index (χ2v) is 4.52. The van der Waals surface area contributed by atoms with Gasteiger partial charge < -0.3 is 5.32 Å². The maximum absolute atomic E-state index is 4.26. The van der Waals surface area contributed by atoms with Gasteiger partial charge in [-0.3, -0.25) is 0 Å². The van der Waals surface area contributed by atoms with Gasteiger partial charge in [0.1, 0.15) is 0 Å². The Labute approximate surface area is 85.0 Å². The Hall–Kier alpha value is -1.12. The number of rotatable bonds is 3. The quantitative estimate of drug-likeness (QED) is 0.797. The normalized spacial score (nSPS) is 18.3. The van der Waals surface area contributed by atoms with Gasteiger partial charge in [-0.25, -0.2) is 9.97 Å². The Morgan fingerprint density at radius 1 is 1.29 bits per heavy atom. The van der Waals surface area contributed by atoms with Gasteiger partial charge in [0.25, 0.3) is 0 Å². The zero-order chi connectivity index (χ0) is 10.2. The maximum atomic E-state index is 4.26. The first-order valence-corrected chi connectivity index (χ1v) is 5.19. The minimum absolute atomic E-state index is 0.273. The minimum Gasteiger partial charge on any atom is -0.349 e. The van der Waals surface area contributed by atoms with E-state index < -0.39 is 0 Å². The third-order valence-corrected chi connectivity index (χ3v) is 3.04. The molecule has 2 rings (SSSR count). The molecule has 14 heavy (non-hydrogen) atoms. The molecule has 3 heteroatoms. The molecule has 1 heterocycles. The van der Waals surface area contributed by atoms with Gasteiger partial charge in [-0.05, 0) is 31.2 Å². The molecule has 0 bridgehead atoms. The van der Waals surface area contributed by atoms with Crippen molar-refractivity contribution < 1.29 is 0 Å². The zero-order valence-corrected chi connectivity index (χ0v) is 9.04. The lowest BCUT2D eigenvalue weighted by molar-refractivity contribution is 0.508. The highest BCUT2D eigenvalue weighted by Gasteiger charge is 2.45. The molecule has 0 atom stereocenters. The standard InChI is InChI=1S/C11H17N3/c1-8(2)11(4-5-11)14-10-12-6-9(3)7-13-10/h6-8H,4-5H2,1-3H3,(H,12,13,14). The van der Waals surface area contributed by atoms with Crippen LogP contribution in [0.3, 0.4) is 0 Å². The molecule has 0 aromatic carbocycles. The van der Waals surface area contributed by atoms with E-state index in [0.717, 1.165) is 11.5 Å². The van der Waals surface area contributed by atoms with E-state index in [-0.39, 0.29) is 5.54 Å². The summed E-state index contributed by atoms with van der Waals surface area (Å²) in [5, 5.41) is 3.43. The molecule has 1 aromatic rings. The Bertz CT molecular complexity index is 312. The molecular formula is C11H17N3. The van der Waals surface area contributed by atoms with Crippen LogP contribution < -0.4 is 5.32 Å². The average molecular weight is 191 g/mol. The van der Waals surface area contributed by atoms with E-state index in [1.807, 2.05) is 19.3 Å². The fourth-order valence-electron chi connectivity index (χ4n) is 1.66. The van der Waals surface area contributed by atoms with Crippen LogP contribution in [0.15, 0.2) is 12.4 Å². The van der Waals surface area contributed by atoms with Gasteiger partial charge in [-0.2, -0.15) is 0 Å². The van der Waals surface area contributed by atoms with Gasteiger partial charge in [0, 0.05) is 17.9 Å². The van der Waals surface area contributed by atoms with Crippen molar-refractivity contribution in [3.63, 3.8) is 0 Å². The van der Waals surface area contributed by atoms with E-state index in [1.165, 1.54) is 12.8 Å². The third-order valence-electron chi connectivity index (χ3n) is 3.04.